The van der Waals surface area contributed by atoms with Crippen LogP contribution in [0.3, 0.4) is 0 Å². The Labute approximate surface area is 180 Å². The van der Waals surface area contributed by atoms with Crippen LogP contribution in [0.2, 0.25) is 0 Å². The number of carbonyl (C=O) groups is 2. The van der Waals surface area contributed by atoms with E-state index in [0.717, 1.165) is 25.7 Å². The molecule has 1 saturated heterocycles. The summed E-state index contributed by atoms with van der Waals surface area (Å²) in [5.41, 5.74) is -0.780. The van der Waals surface area contributed by atoms with Gasteiger partial charge < -0.3 is 19.3 Å². The van der Waals surface area contributed by atoms with Gasteiger partial charge in [-0.3, -0.25) is 4.79 Å². The lowest BCUT2D eigenvalue weighted by Gasteiger charge is -2.18. The lowest BCUT2D eigenvalue weighted by Crippen LogP contribution is -2.20. The van der Waals surface area contributed by atoms with Crippen LogP contribution in [0.25, 0.3) is 0 Å². The second-order valence-corrected chi connectivity index (χ2v) is 7.51. The Hall–Kier alpha value is -2.34. The number of ether oxygens (including phenoxy) is 3. The molecule has 0 aromatic rings. The first-order valence-electron chi connectivity index (χ1n) is 10.8. The number of carbonyl (C=O) groups excluding carboxylic acids is 2. The Morgan fingerprint density at radius 1 is 1.07 bits per heavy atom. The predicted molar refractivity (Wildman–Crippen MR) is 117 cm³/mol. The summed E-state index contributed by atoms with van der Waals surface area (Å²) in [5.74, 6) is -0.249. The summed E-state index contributed by atoms with van der Waals surface area (Å²) in [6, 6.07) is 0. The minimum atomic E-state index is -0.780. The van der Waals surface area contributed by atoms with E-state index in [4.69, 9.17) is 14.2 Å². The fourth-order valence-electron chi connectivity index (χ4n) is 2.98. The molecule has 30 heavy (non-hydrogen) atoms. The maximum atomic E-state index is 11.4. The third kappa shape index (κ3) is 11.6. The van der Waals surface area contributed by atoms with E-state index in [-0.39, 0.29) is 5.97 Å². The van der Waals surface area contributed by atoms with Crippen LogP contribution in [0.5, 0.6) is 0 Å². The number of esters is 1. The highest BCUT2D eigenvalue weighted by molar-refractivity contribution is 5.69. The Morgan fingerprint density at radius 3 is 2.47 bits per heavy atom. The molecule has 0 radical (unpaired) electrons. The van der Waals surface area contributed by atoms with Crippen molar-refractivity contribution in [3.05, 3.63) is 48.6 Å². The van der Waals surface area contributed by atoms with Crippen LogP contribution in [-0.4, -0.2) is 41.6 Å². The molecule has 0 saturated carbocycles. The van der Waals surface area contributed by atoms with Gasteiger partial charge in [-0.05, 0) is 39.2 Å². The molecule has 1 N–H and O–H groups in total. The van der Waals surface area contributed by atoms with Crippen molar-refractivity contribution in [1.82, 2.24) is 0 Å². The first-order valence-corrected chi connectivity index (χ1v) is 10.8. The monoisotopic (exact) mass is 420 g/mol. The molecule has 1 heterocycles. The summed E-state index contributed by atoms with van der Waals surface area (Å²) in [6.07, 6.45) is 18.5. The van der Waals surface area contributed by atoms with Gasteiger partial charge in [0.25, 0.3) is 0 Å². The molecular weight excluding hydrogens is 384 g/mol. The van der Waals surface area contributed by atoms with Gasteiger partial charge in [-0.1, -0.05) is 68.7 Å². The zero-order valence-corrected chi connectivity index (χ0v) is 18.4. The standard InChI is InChI=1S/C24H36O6/c1-4-6-12-18-24(3,27)19-13-10-8-7-9-11-15-20-21(30-23(26)29-20)16-14-17-22(25)28-5-2/h7-11,13,15,19-21,27H,4-6,12,14,16-18H2,1-3H3/b9-7+,10-8-,15-11+,19-13+. The molecule has 1 rings (SSSR count). The molecule has 168 valence electrons. The van der Waals surface area contributed by atoms with Crippen molar-refractivity contribution < 1.29 is 28.9 Å². The Morgan fingerprint density at radius 2 is 1.77 bits per heavy atom. The normalized spacial score (nSPS) is 21.5. The zero-order chi connectivity index (χ0) is 22.2. The van der Waals surface area contributed by atoms with Crippen LogP contribution < -0.4 is 0 Å². The highest BCUT2D eigenvalue weighted by atomic mass is 16.8. The Balaban J connectivity index is 2.38. The van der Waals surface area contributed by atoms with Crippen molar-refractivity contribution in [2.75, 3.05) is 6.61 Å². The summed E-state index contributed by atoms with van der Waals surface area (Å²) in [7, 11) is 0. The van der Waals surface area contributed by atoms with Gasteiger partial charge in [-0.2, -0.15) is 0 Å². The van der Waals surface area contributed by atoms with Crippen LogP contribution >= 0.6 is 0 Å². The summed E-state index contributed by atoms with van der Waals surface area (Å²) >= 11 is 0. The van der Waals surface area contributed by atoms with Crippen molar-refractivity contribution in [1.29, 1.82) is 0 Å². The van der Waals surface area contributed by atoms with Crippen molar-refractivity contribution in [3.8, 4) is 0 Å². The fraction of sp³-hybridized carbons (Fsp3) is 0.583. The van der Waals surface area contributed by atoms with Crippen LogP contribution in [0, 0.1) is 0 Å². The number of hydrogen-bond donors (Lipinski definition) is 1. The summed E-state index contributed by atoms with van der Waals surface area (Å²) in [5, 5.41) is 10.2. The first-order chi connectivity index (χ1) is 14.4. The quantitative estimate of drug-likeness (QED) is 0.237. The SMILES string of the molecule is CCCCCC(C)(O)/C=C/C=C\C=C\C=C\C1OC(=O)OC1CCCC(=O)OCC. The first kappa shape index (κ1) is 25.7. The molecule has 0 aromatic heterocycles. The molecule has 6 nitrogen and oxygen atoms in total. The van der Waals surface area contributed by atoms with Crippen molar-refractivity contribution >= 4 is 12.1 Å². The number of rotatable bonds is 14. The Bertz CT molecular complexity index is 630. The number of allylic oxidation sites excluding steroid dienone is 6. The van der Waals surface area contributed by atoms with E-state index in [1.165, 1.54) is 0 Å². The summed E-state index contributed by atoms with van der Waals surface area (Å²) < 4.78 is 15.2. The van der Waals surface area contributed by atoms with Crippen LogP contribution in [0.15, 0.2) is 48.6 Å². The average Bonchev–Trinajstić information content (AvgIpc) is 3.03. The highest BCUT2D eigenvalue weighted by Crippen LogP contribution is 2.21. The molecule has 0 bridgehead atoms. The second kappa shape index (κ2) is 14.6. The third-order valence-corrected chi connectivity index (χ3v) is 4.62. The van der Waals surface area contributed by atoms with E-state index in [0.29, 0.717) is 25.9 Å². The average molecular weight is 421 g/mol. The molecule has 0 aromatic carbocycles. The minimum Gasteiger partial charge on any atom is -0.466 e. The molecule has 0 amide bonds. The van der Waals surface area contributed by atoms with Gasteiger partial charge in [-0.25, -0.2) is 4.79 Å². The van der Waals surface area contributed by atoms with Gasteiger partial charge >= 0.3 is 12.1 Å². The fourth-order valence-corrected chi connectivity index (χ4v) is 2.98. The predicted octanol–water partition coefficient (Wildman–Crippen LogP) is 5.18. The van der Waals surface area contributed by atoms with Crippen LogP contribution in [0.1, 0.15) is 65.7 Å². The van der Waals surface area contributed by atoms with Gasteiger partial charge in [0.2, 0.25) is 0 Å². The lowest BCUT2D eigenvalue weighted by molar-refractivity contribution is -0.143. The molecule has 0 spiro atoms. The van der Waals surface area contributed by atoms with Crippen molar-refractivity contribution in [2.45, 2.75) is 83.5 Å². The molecule has 1 aliphatic rings. The topological polar surface area (TPSA) is 82.1 Å². The van der Waals surface area contributed by atoms with E-state index < -0.39 is 24.0 Å². The van der Waals surface area contributed by atoms with Crippen molar-refractivity contribution in [3.63, 3.8) is 0 Å². The molecule has 6 heteroatoms. The third-order valence-electron chi connectivity index (χ3n) is 4.62. The smallest absolute Gasteiger partial charge is 0.466 e. The van der Waals surface area contributed by atoms with Crippen LogP contribution in [0.4, 0.5) is 4.79 Å². The molecule has 1 fully saturated rings. The van der Waals surface area contributed by atoms with Crippen molar-refractivity contribution in [2.24, 2.45) is 0 Å². The van der Waals surface area contributed by atoms with Gasteiger partial charge in [-0.15, -0.1) is 0 Å². The number of unbranched alkanes of at least 4 members (excludes halogenated alkanes) is 2. The largest absolute Gasteiger partial charge is 0.509 e. The molecule has 0 aliphatic carbocycles. The second-order valence-electron chi connectivity index (χ2n) is 7.51. The summed E-state index contributed by atoms with van der Waals surface area (Å²) in [6.45, 7) is 6.09. The molecular formula is C24H36O6. The van der Waals surface area contributed by atoms with Gasteiger partial charge in [0.1, 0.15) is 6.10 Å². The van der Waals surface area contributed by atoms with Gasteiger partial charge in [0.15, 0.2) is 6.10 Å². The maximum absolute atomic E-state index is 11.4. The highest BCUT2D eigenvalue weighted by Gasteiger charge is 2.34. The minimum absolute atomic E-state index is 0.249. The van der Waals surface area contributed by atoms with E-state index in [1.54, 1.807) is 25.2 Å². The molecule has 3 unspecified atom stereocenters. The Kier molecular flexibility index (Phi) is 12.5. The number of aliphatic hydroxyl groups is 1. The van der Waals surface area contributed by atoms with E-state index in [2.05, 4.69) is 6.92 Å². The van der Waals surface area contributed by atoms with E-state index in [1.807, 2.05) is 37.3 Å². The molecule has 3 atom stereocenters. The zero-order valence-electron chi connectivity index (χ0n) is 18.4. The molecule has 1 aliphatic heterocycles. The van der Waals surface area contributed by atoms with E-state index in [9.17, 15) is 14.7 Å². The van der Waals surface area contributed by atoms with Gasteiger partial charge in [0, 0.05) is 6.42 Å². The van der Waals surface area contributed by atoms with Crippen LogP contribution in [-0.2, 0) is 19.0 Å². The number of hydrogen-bond acceptors (Lipinski definition) is 6. The summed E-state index contributed by atoms with van der Waals surface area (Å²) in [4.78, 5) is 22.8. The van der Waals surface area contributed by atoms with Gasteiger partial charge in [0.05, 0.1) is 12.2 Å². The number of cyclic esters (lactones) is 2. The lowest BCUT2D eigenvalue weighted by atomic mass is 9.98. The maximum Gasteiger partial charge on any atom is 0.509 e. The van der Waals surface area contributed by atoms with E-state index >= 15 is 0 Å².